The minimum Gasteiger partial charge on any atom is -0.410 e. The number of hydrogen-bond acceptors (Lipinski definition) is 3. The highest BCUT2D eigenvalue weighted by Gasteiger charge is 2.03. The highest BCUT2D eigenvalue weighted by molar-refractivity contribution is 6.51. The van der Waals surface area contributed by atoms with E-state index in [1.807, 2.05) is 6.08 Å². The van der Waals surface area contributed by atoms with Crippen LogP contribution in [0.25, 0.3) is 0 Å². The van der Waals surface area contributed by atoms with Crippen LogP contribution < -0.4 is 0 Å². The van der Waals surface area contributed by atoms with Gasteiger partial charge in [-0.05, 0) is 12.2 Å². The van der Waals surface area contributed by atoms with Gasteiger partial charge in [0.05, 0.1) is 5.71 Å². The second-order valence-electron chi connectivity index (χ2n) is 1.90. The summed E-state index contributed by atoms with van der Waals surface area (Å²) >= 11 is 0. The Bertz CT molecular complexity index is 272. The van der Waals surface area contributed by atoms with Gasteiger partial charge < -0.3 is 5.21 Å². The first-order valence-corrected chi connectivity index (χ1v) is 3.14. The Kier molecular flexibility index (Phi) is 2.38. The van der Waals surface area contributed by atoms with E-state index in [-0.39, 0.29) is 0 Å². The SMILES string of the molecule is C=C/N=C1/C=CC=C/C1=N\O. The second-order valence-corrected chi connectivity index (χ2v) is 1.90. The molecule has 3 heteroatoms. The smallest absolute Gasteiger partial charge is 0.128 e. The summed E-state index contributed by atoms with van der Waals surface area (Å²) in [5.74, 6) is 0. The molecule has 0 saturated carbocycles. The second kappa shape index (κ2) is 3.51. The van der Waals surface area contributed by atoms with Crippen LogP contribution in [0.2, 0.25) is 0 Å². The van der Waals surface area contributed by atoms with Gasteiger partial charge in [-0.1, -0.05) is 23.9 Å². The van der Waals surface area contributed by atoms with E-state index in [0.29, 0.717) is 11.4 Å². The third-order valence-corrected chi connectivity index (χ3v) is 1.22. The lowest BCUT2D eigenvalue weighted by atomic mass is 10.1. The number of aliphatic imine (C=N–C) groups is 1. The minimum absolute atomic E-state index is 0.451. The van der Waals surface area contributed by atoms with Crippen LogP contribution in [0.1, 0.15) is 0 Å². The van der Waals surface area contributed by atoms with Gasteiger partial charge in [0.2, 0.25) is 0 Å². The maximum absolute atomic E-state index is 8.48. The molecule has 0 atom stereocenters. The van der Waals surface area contributed by atoms with E-state index >= 15 is 0 Å². The summed E-state index contributed by atoms with van der Waals surface area (Å²) in [6.45, 7) is 3.44. The average Bonchev–Trinajstić information content (AvgIpc) is 2.06. The van der Waals surface area contributed by atoms with Gasteiger partial charge in [0.15, 0.2) is 0 Å². The van der Waals surface area contributed by atoms with E-state index in [2.05, 4.69) is 16.7 Å². The molecule has 1 aliphatic carbocycles. The molecule has 0 fully saturated rings. The largest absolute Gasteiger partial charge is 0.410 e. The van der Waals surface area contributed by atoms with E-state index in [4.69, 9.17) is 5.21 Å². The molecular formula is C8H8N2O. The van der Waals surface area contributed by atoms with Crippen molar-refractivity contribution in [2.75, 3.05) is 0 Å². The zero-order chi connectivity index (χ0) is 8.10. The quantitative estimate of drug-likeness (QED) is 0.342. The first kappa shape index (κ1) is 7.47. The molecule has 0 aromatic rings. The fourth-order valence-corrected chi connectivity index (χ4v) is 0.756. The van der Waals surface area contributed by atoms with Crippen molar-refractivity contribution in [2.24, 2.45) is 10.1 Å². The van der Waals surface area contributed by atoms with Crippen molar-refractivity contribution in [3.8, 4) is 0 Å². The fourth-order valence-electron chi connectivity index (χ4n) is 0.756. The van der Waals surface area contributed by atoms with Crippen molar-refractivity contribution in [1.29, 1.82) is 0 Å². The van der Waals surface area contributed by atoms with Gasteiger partial charge in [-0.25, -0.2) is 0 Å². The van der Waals surface area contributed by atoms with Crippen molar-refractivity contribution in [2.45, 2.75) is 0 Å². The molecule has 0 heterocycles. The standard InChI is InChI=1S/C8H8N2O/c1-2-9-7-5-3-4-6-8(7)10-11/h2-6,11H,1H2/b9-7-,10-8+. The molecule has 0 bridgehead atoms. The lowest BCUT2D eigenvalue weighted by Gasteiger charge is -2.00. The van der Waals surface area contributed by atoms with Crippen LogP contribution in [0.15, 0.2) is 47.2 Å². The summed E-state index contributed by atoms with van der Waals surface area (Å²) < 4.78 is 0. The third-order valence-electron chi connectivity index (χ3n) is 1.22. The summed E-state index contributed by atoms with van der Waals surface area (Å²) in [5, 5.41) is 11.5. The molecule has 0 radical (unpaired) electrons. The van der Waals surface area contributed by atoms with Gasteiger partial charge in [-0.2, -0.15) is 0 Å². The van der Waals surface area contributed by atoms with E-state index in [1.54, 1.807) is 18.2 Å². The molecule has 0 aliphatic heterocycles. The number of oxime groups is 1. The molecule has 11 heavy (non-hydrogen) atoms. The summed E-state index contributed by atoms with van der Waals surface area (Å²) in [7, 11) is 0. The van der Waals surface area contributed by atoms with Crippen molar-refractivity contribution in [3.05, 3.63) is 37.1 Å². The maximum atomic E-state index is 8.48. The molecule has 3 nitrogen and oxygen atoms in total. The topological polar surface area (TPSA) is 45.0 Å². The number of allylic oxidation sites excluding steroid dienone is 4. The predicted octanol–water partition coefficient (Wildman–Crippen LogP) is 1.53. The lowest BCUT2D eigenvalue weighted by Crippen LogP contribution is -2.10. The van der Waals surface area contributed by atoms with Gasteiger partial charge in [-0.15, -0.1) is 0 Å². The number of nitrogens with zero attached hydrogens (tertiary/aromatic N) is 2. The molecule has 1 rings (SSSR count). The van der Waals surface area contributed by atoms with Gasteiger partial charge in [-0.3, -0.25) is 4.99 Å². The van der Waals surface area contributed by atoms with Crippen LogP contribution >= 0.6 is 0 Å². The molecule has 0 unspecified atom stereocenters. The van der Waals surface area contributed by atoms with Crippen LogP contribution in [-0.2, 0) is 0 Å². The maximum Gasteiger partial charge on any atom is 0.128 e. The van der Waals surface area contributed by atoms with E-state index in [9.17, 15) is 0 Å². The van der Waals surface area contributed by atoms with Crippen LogP contribution in [0.5, 0.6) is 0 Å². The Morgan fingerprint density at radius 1 is 1.27 bits per heavy atom. The molecule has 0 spiro atoms. The minimum atomic E-state index is 0.451. The number of hydrogen-bond donors (Lipinski definition) is 1. The molecular weight excluding hydrogens is 140 g/mol. The molecule has 0 amide bonds. The summed E-state index contributed by atoms with van der Waals surface area (Å²) in [5.41, 5.74) is 1.07. The van der Waals surface area contributed by atoms with E-state index in [0.717, 1.165) is 0 Å². The van der Waals surface area contributed by atoms with E-state index < -0.39 is 0 Å². The molecule has 1 N–H and O–H groups in total. The molecule has 0 aromatic heterocycles. The normalized spacial score (nSPS) is 22.9. The third kappa shape index (κ3) is 1.64. The van der Waals surface area contributed by atoms with Crippen LogP contribution in [0.4, 0.5) is 0 Å². The van der Waals surface area contributed by atoms with Gasteiger partial charge >= 0.3 is 0 Å². The summed E-state index contributed by atoms with van der Waals surface area (Å²) in [6.07, 6.45) is 8.41. The Morgan fingerprint density at radius 2 is 1.91 bits per heavy atom. The van der Waals surface area contributed by atoms with Gasteiger partial charge in [0.25, 0.3) is 0 Å². The highest BCUT2D eigenvalue weighted by atomic mass is 16.4. The zero-order valence-electron chi connectivity index (χ0n) is 5.94. The van der Waals surface area contributed by atoms with E-state index in [1.165, 1.54) is 6.20 Å². The average molecular weight is 148 g/mol. The highest BCUT2D eigenvalue weighted by Crippen LogP contribution is 1.97. The van der Waals surface area contributed by atoms with Crippen molar-refractivity contribution in [1.82, 2.24) is 0 Å². The molecule has 1 aliphatic rings. The monoisotopic (exact) mass is 148 g/mol. The number of rotatable bonds is 1. The van der Waals surface area contributed by atoms with Crippen molar-refractivity contribution >= 4 is 11.4 Å². The Balaban J connectivity index is 2.97. The molecule has 0 saturated heterocycles. The Hall–Kier alpha value is -1.64. The zero-order valence-corrected chi connectivity index (χ0v) is 5.94. The summed E-state index contributed by atoms with van der Waals surface area (Å²) in [4.78, 5) is 3.89. The first-order chi connectivity index (χ1) is 5.38. The van der Waals surface area contributed by atoms with Crippen LogP contribution in [-0.4, -0.2) is 16.6 Å². The van der Waals surface area contributed by atoms with Crippen molar-refractivity contribution < 1.29 is 5.21 Å². The van der Waals surface area contributed by atoms with Crippen LogP contribution in [0.3, 0.4) is 0 Å². The Labute approximate surface area is 64.8 Å². The van der Waals surface area contributed by atoms with Crippen LogP contribution in [0, 0.1) is 0 Å². The fraction of sp³-hybridized carbons (Fsp3) is 0. The van der Waals surface area contributed by atoms with Gasteiger partial charge in [0.1, 0.15) is 5.71 Å². The first-order valence-electron chi connectivity index (χ1n) is 3.14. The predicted molar refractivity (Wildman–Crippen MR) is 45.1 cm³/mol. The van der Waals surface area contributed by atoms with Gasteiger partial charge in [0, 0.05) is 6.20 Å². The lowest BCUT2D eigenvalue weighted by molar-refractivity contribution is 0.320. The van der Waals surface area contributed by atoms with Crippen molar-refractivity contribution in [3.63, 3.8) is 0 Å². The Morgan fingerprint density at radius 3 is 2.45 bits per heavy atom. The summed E-state index contributed by atoms with van der Waals surface area (Å²) in [6, 6.07) is 0. The molecule has 0 aromatic carbocycles. The molecule has 56 valence electrons.